The van der Waals surface area contributed by atoms with Crippen LogP contribution >= 0.6 is 11.6 Å². The largest absolute Gasteiger partial charge is 1.00 e. The Hall–Kier alpha value is 0.515. The number of carbonyl (C=O) groups excluding carboxylic acids is 1. The zero-order valence-corrected chi connectivity index (χ0v) is 22.0. The fraction of sp³-hybridized carbons (Fsp3) is 0.619. The van der Waals surface area contributed by atoms with Crippen molar-refractivity contribution in [1.82, 2.24) is 0 Å². The molecule has 0 aliphatic heterocycles. The van der Waals surface area contributed by atoms with Gasteiger partial charge in [-0.3, -0.25) is 4.79 Å². The molecule has 0 saturated heterocycles. The smallest absolute Gasteiger partial charge is 0.492 e. The van der Waals surface area contributed by atoms with Crippen LogP contribution in [0.2, 0.25) is 5.02 Å². The maximum Gasteiger partial charge on any atom is 1.00 e. The van der Waals surface area contributed by atoms with Gasteiger partial charge in [0.15, 0.2) is 11.6 Å². The van der Waals surface area contributed by atoms with Crippen molar-refractivity contribution < 1.29 is 76.8 Å². The third kappa shape index (κ3) is 6.77. The van der Waals surface area contributed by atoms with Crippen LogP contribution in [0.4, 0.5) is 4.39 Å². The van der Waals surface area contributed by atoms with Gasteiger partial charge in [0, 0.05) is 0 Å². The molecule has 0 spiro atoms. The van der Waals surface area contributed by atoms with Crippen LogP contribution in [0, 0.1) is 30.0 Å². The van der Waals surface area contributed by atoms with E-state index in [1.54, 1.807) is 6.07 Å². The van der Waals surface area contributed by atoms with Crippen molar-refractivity contribution in [3.63, 3.8) is 0 Å². The van der Waals surface area contributed by atoms with Gasteiger partial charge in [-0.15, -0.1) is 0 Å². The Bertz CT molecular complexity index is 626. The van der Waals surface area contributed by atoms with Crippen LogP contribution in [0.5, 0.6) is 11.5 Å². The Morgan fingerprint density at radius 2 is 1.78 bits per heavy atom. The number of benzene rings is 1. The van der Waals surface area contributed by atoms with Gasteiger partial charge in [0.1, 0.15) is 10.8 Å². The Morgan fingerprint density at radius 1 is 1.15 bits per heavy atom. The minimum atomic E-state index is -0.723. The molecule has 0 unspecified atom stereocenters. The second-order valence-electron chi connectivity index (χ2n) is 7.69. The molecule has 27 heavy (non-hydrogen) atoms. The fourth-order valence-electron chi connectivity index (χ4n) is 3.76. The van der Waals surface area contributed by atoms with Crippen LogP contribution in [-0.4, -0.2) is 12.6 Å². The van der Waals surface area contributed by atoms with Crippen LogP contribution in [0.15, 0.2) is 12.1 Å². The molecule has 1 aromatic carbocycles. The minimum Gasteiger partial charge on any atom is -0.492 e. The van der Waals surface area contributed by atoms with E-state index in [0.29, 0.717) is 24.2 Å². The topological polar surface area (TPSA) is 35.5 Å². The summed E-state index contributed by atoms with van der Waals surface area (Å²) < 4.78 is 25.5. The molecule has 0 radical (unpaired) electrons. The monoisotopic (exact) mass is 466 g/mol. The van der Waals surface area contributed by atoms with Crippen molar-refractivity contribution in [2.75, 3.05) is 6.61 Å². The Balaban J connectivity index is 0.00000261. The normalized spacial score (nSPS) is 23.4. The fourth-order valence-corrected chi connectivity index (χ4v) is 3.97. The van der Waals surface area contributed by atoms with Gasteiger partial charge in [-0.25, -0.2) is 4.39 Å². The number of halogens is 2. The van der Waals surface area contributed by atoms with E-state index < -0.39 is 5.82 Å². The number of hydrogen-bond acceptors (Lipinski definition) is 3. The molecule has 0 bridgehead atoms. The van der Waals surface area contributed by atoms with Crippen molar-refractivity contribution in [2.45, 2.75) is 58.3 Å². The Labute approximate surface area is 215 Å². The molecule has 2 saturated carbocycles. The molecule has 2 aliphatic carbocycles. The molecular formula is C21H27ClFO3Rb. The second kappa shape index (κ2) is 11.6. The van der Waals surface area contributed by atoms with Gasteiger partial charge in [0.25, 0.3) is 0 Å². The van der Waals surface area contributed by atoms with E-state index in [4.69, 9.17) is 21.1 Å². The average molecular weight is 467 g/mol. The number of carbonyl (C=O) groups is 1. The predicted octanol–water partition coefficient (Wildman–Crippen LogP) is 2.99. The molecule has 2 fully saturated rings. The van der Waals surface area contributed by atoms with Crippen LogP contribution in [-0.2, 0) is 4.79 Å². The first-order valence-electron chi connectivity index (χ1n) is 9.68. The third-order valence-electron chi connectivity index (χ3n) is 5.60. The van der Waals surface area contributed by atoms with Crippen molar-refractivity contribution >= 4 is 17.6 Å². The average Bonchev–Trinajstić information content (AvgIpc) is 2.66. The summed E-state index contributed by atoms with van der Waals surface area (Å²) in [5, 5.41) is -0.116. The molecule has 144 valence electrons. The van der Waals surface area contributed by atoms with Crippen molar-refractivity contribution in [1.29, 1.82) is 0 Å². The summed E-state index contributed by atoms with van der Waals surface area (Å²) in [5.74, 6) is 0.0818. The first-order chi connectivity index (χ1) is 12.5. The summed E-state index contributed by atoms with van der Waals surface area (Å²) >= 11 is 6.11. The summed E-state index contributed by atoms with van der Waals surface area (Å²) in [6.07, 6.45) is 10.3. The van der Waals surface area contributed by atoms with E-state index in [2.05, 4.69) is 13.3 Å². The molecule has 3 rings (SSSR count). The van der Waals surface area contributed by atoms with E-state index in [0.717, 1.165) is 51.4 Å². The summed E-state index contributed by atoms with van der Waals surface area (Å²) in [4.78, 5) is 12.3. The molecule has 6 heteroatoms. The van der Waals surface area contributed by atoms with Gasteiger partial charge in [0.2, 0.25) is 0 Å². The van der Waals surface area contributed by atoms with Gasteiger partial charge in [-0.05, 0) is 49.7 Å². The first kappa shape index (κ1) is 23.8. The molecule has 0 N–H and O–H groups in total. The first-order valence-corrected chi connectivity index (χ1v) is 10.1. The molecule has 0 heterocycles. The molecule has 2 aliphatic rings. The molecule has 0 amide bonds. The van der Waals surface area contributed by atoms with E-state index in [9.17, 15) is 9.18 Å². The summed E-state index contributed by atoms with van der Waals surface area (Å²) in [7, 11) is 0. The van der Waals surface area contributed by atoms with Crippen LogP contribution in [0.25, 0.3) is 0 Å². The molecule has 3 nitrogen and oxygen atoms in total. The standard InChI is InChI=1S/C21H27ClFO3.Rb/c1-14-7-9-16(10-8-14)21(24)26-18-12-11-17(19(22)20(18)23)25-13-15-5-3-2-4-6-15;/h2,11-12,14-16H,3-10,13H2,1H3;/q-1;+1. The van der Waals surface area contributed by atoms with Gasteiger partial charge in [-0.2, -0.15) is 12.8 Å². The Kier molecular flexibility index (Phi) is 10.3. The molecule has 0 atom stereocenters. The third-order valence-corrected chi connectivity index (χ3v) is 5.96. The number of hydrogen-bond donors (Lipinski definition) is 0. The van der Waals surface area contributed by atoms with Crippen molar-refractivity contribution in [2.24, 2.45) is 17.8 Å². The van der Waals surface area contributed by atoms with Crippen LogP contribution in [0.3, 0.4) is 0 Å². The summed E-state index contributed by atoms with van der Waals surface area (Å²) in [6, 6.07) is 3.03. The van der Waals surface area contributed by atoms with Gasteiger partial charge in [0.05, 0.1) is 12.5 Å². The summed E-state index contributed by atoms with van der Waals surface area (Å²) in [6.45, 7) is 2.72. The maximum absolute atomic E-state index is 14.5. The molecule has 1 aromatic rings. The number of rotatable bonds is 5. The number of ether oxygens (including phenoxy) is 2. The van der Waals surface area contributed by atoms with Gasteiger partial charge < -0.3 is 15.9 Å². The van der Waals surface area contributed by atoms with Crippen molar-refractivity contribution in [3.8, 4) is 11.5 Å². The molecular weight excluding hydrogens is 440 g/mol. The zero-order chi connectivity index (χ0) is 18.5. The maximum atomic E-state index is 14.5. The van der Waals surface area contributed by atoms with E-state index in [1.165, 1.54) is 6.07 Å². The van der Waals surface area contributed by atoms with E-state index >= 15 is 0 Å². The van der Waals surface area contributed by atoms with Crippen LogP contribution in [0.1, 0.15) is 58.3 Å². The number of esters is 1. The summed E-state index contributed by atoms with van der Waals surface area (Å²) in [5.41, 5.74) is 0. The predicted molar refractivity (Wildman–Crippen MR) is 99.9 cm³/mol. The second-order valence-corrected chi connectivity index (χ2v) is 8.07. The van der Waals surface area contributed by atoms with E-state index in [1.807, 2.05) is 0 Å². The quantitative estimate of drug-likeness (QED) is 0.380. The van der Waals surface area contributed by atoms with Gasteiger partial charge in [-0.1, -0.05) is 31.4 Å². The van der Waals surface area contributed by atoms with Gasteiger partial charge >= 0.3 is 64.2 Å². The zero-order valence-electron chi connectivity index (χ0n) is 16.3. The van der Waals surface area contributed by atoms with Crippen LogP contribution < -0.4 is 67.7 Å². The Morgan fingerprint density at radius 3 is 2.44 bits per heavy atom. The SMILES string of the molecule is CC1CCC(C(=O)Oc2ccc(OCC3CC[CH-]CC3)c(Cl)c2F)CC1.[Rb+]. The minimum absolute atomic E-state index is 0. The van der Waals surface area contributed by atoms with Crippen molar-refractivity contribution in [3.05, 3.63) is 29.4 Å². The van der Waals surface area contributed by atoms with E-state index in [-0.39, 0.29) is 80.8 Å². The molecule has 0 aromatic heterocycles.